The predicted octanol–water partition coefficient (Wildman–Crippen LogP) is 1.40. The molecule has 20 heavy (non-hydrogen) atoms. The smallest absolute Gasteiger partial charge is 0.317 e. The standard InChI is InChI=1S/C14H22N4O2/c1-2-20-9-7-16-14(19)18-8-3-4-12(10-18)13-5-6-15-11-17-13/h5-6,11-12H,2-4,7-10H2,1H3,(H,16,19). The first-order valence-electron chi connectivity index (χ1n) is 7.17. The van der Waals surface area contributed by atoms with Crippen molar-refractivity contribution in [3.05, 3.63) is 24.3 Å². The molecule has 0 radical (unpaired) electrons. The lowest BCUT2D eigenvalue weighted by molar-refractivity contribution is 0.142. The van der Waals surface area contributed by atoms with E-state index < -0.39 is 0 Å². The van der Waals surface area contributed by atoms with Crippen molar-refractivity contribution < 1.29 is 9.53 Å². The van der Waals surface area contributed by atoms with Crippen LogP contribution in [0.2, 0.25) is 0 Å². The molecule has 1 atom stereocenters. The number of nitrogens with zero attached hydrogens (tertiary/aromatic N) is 3. The quantitative estimate of drug-likeness (QED) is 0.827. The summed E-state index contributed by atoms with van der Waals surface area (Å²) in [5, 5.41) is 2.89. The molecule has 0 bridgehead atoms. The molecule has 0 saturated carbocycles. The number of carbonyl (C=O) groups is 1. The van der Waals surface area contributed by atoms with Crippen molar-refractivity contribution >= 4 is 6.03 Å². The molecule has 1 aromatic rings. The van der Waals surface area contributed by atoms with Gasteiger partial charge in [-0.15, -0.1) is 0 Å². The lowest BCUT2D eigenvalue weighted by atomic mass is 9.95. The van der Waals surface area contributed by atoms with E-state index in [1.807, 2.05) is 17.9 Å². The fourth-order valence-corrected chi connectivity index (χ4v) is 2.43. The minimum absolute atomic E-state index is 0.0107. The molecule has 1 unspecified atom stereocenters. The lowest BCUT2D eigenvalue weighted by Crippen LogP contribution is -2.45. The van der Waals surface area contributed by atoms with Crippen molar-refractivity contribution in [2.24, 2.45) is 0 Å². The average Bonchev–Trinajstić information content (AvgIpc) is 2.52. The number of ether oxygens (including phenoxy) is 1. The van der Waals surface area contributed by atoms with E-state index >= 15 is 0 Å². The van der Waals surface area contributed by atoms with Crippen LogP contribution in [0.5, 0.6) is 0 Å². The van der Waals surface area contributed by atoms with Gasteiger partial charge in [-0.05, 0) is 25.8 Å². The van der Waals surface area contributed by atoms with Gasteiger partial charge < -0.3 is 15.0 Å². The van der Waals surface area contributed by atoms with E-state index in [9.17, 15) is 4.79 Å². The van der Waals surface area contributed by atoms with Crippen molar-refractivity contribution in [1.82, 2.24) is 20.2 Å². The molecule has 1 aliphatic rings. The van der Waals surface area contributed by atoms with Gasteiger partial charge in [-0.1, -0.05) is 0 Å². The molecule has 1 aromatic heterocycles. The van der Waals surface area contributed by atoms with E-state index in [0.29, 0.717) is 25.7 Å². The zero-order valence-corrected chi connectivity index (χ0v) is 11.9. The second-order valence-corrected chi connectivity index (χ2v) is 4.85. The Bertz CT molecular complexity index is 413. The summed E-state index contributed by atoms with van der Waals surface area (Å²) in [6.45, 7) is 5.26. The molecule has 6 heteroatoms. The number of urea groups is 1. The highest BCUT2D eigenvalue weighted by Gasteiger charge is 2.25. The molecule has 1 aliphatic heterocycles. The van der Waals surface area contributed by atoms with Crippen molar-refractivity contribution in [3.63, 3.8) is 0 Å². The minimum atomic E-state index is -0.0107. The Hall–Kier alpha value is -1.69. The van der Waals surface area contributed by atoms with Crippen LogP contribution in [0.1, 0.15) is 31.4 Å². The number of likely N-dealkylation sites (tertiary alicyclic amines) is 1. The van der Waals surface area contributed by atoms with Gasteiger partial charge in [0.1, 0.15) is 6.33 Å². The predicted molar refractivity (Wildman–Crippen MR) is 75.5 cm³/mol. The Morgan fingerprint density at radius 2 is 2.50 bits per heavy atom. The van der Waals surface area contributed by atoms with Crippen LogP contribution in [0.25, 0.3) is 0 Å². The number of aromatic nitrogens is 2. The zero-order chi connectivity index (χ0) is 14.2. The molecule has 1 fully saturated rings. The largest absolute Gasteiger partial charge is 0.380 e. The van der Waals surface area contributed by atoms with Crippen molar-refractivity contribution in [2.45, 2.75) is 25.7 Å². The van der Waals surface area contributed by atoms with Crippen LogP contribution in [0.3, 0.4) is 0 Å². The Kier molecular flexibility index (Phi) is 5.73. The first kappa shape index (κ1) is 14.7. The number of rotatable bonds is 5. The van der Waals surface area contributed by atoms with Crippen LogP contribution in [0.4, 0.5) is 4.79 Å². The van der Waals surface area contributed by atoms with Gasteiger partial charge in [0.2, 0.25) is 0 Å². The van der Waals surface area contributed by atoms with Crippen LogP contribution < -0.4 is 5.32 Å². The first-order valence-corrected chi connectivity index (χ1v) is 7.17. The topological polar surface area (TPSA) is 67.3 Å². The molecule has 1 saturated heterocycles. The Balaban J connectivity index is 1.82. The highest BCUT2D eigenvalue weighted by Crippen LogP contribution is 2.24. The lowest BCUT2D eigenvalue weighted by Gasteiger charge is -2.32. The van der Waals surface area contributed by atoms with Crippen molar-refractivity contribution in [3.8, 4) is 0 Å². The summed E-state index contributed by atoms with van der Waals surface area (Å²) in [5.74, 6) is 0.310. The van der Waals surface area contributed by atoms with E-state index in [1.54, 1.807) is 12.5 Å². The maximum Gasteiger partial charge on any atom is 0.317 e. The number of nitrogens with one attached hydrogen (secondary N) is 1. The van der Waals surface area contributed by atoms with E-state index in [0.717, 1.165) is 31.6 Å². The number of amides is 2. The van der Waals surface area contributed by atoms with Gasteiger partial charge in [-0.2, -0.15) is 0 Å². The fraction of sp³-hybridized carbons (Fsp3) is 0.643. The molecule has 110 valence electrons. The third-order valence-corrected chi connectivity index (χ3v) is 3.46. The highest BCUT2D eigenvalue weighted by atomic mass is 16.5. The monoisotopic (exact) mass is 278 g/mol. The van der Waals surface area contributed by atoms with E-state index in [2.05, 4.69) is 15.3 Å². The number of carbonyl (C=O) groups excluding carboxylic acids is 1. The van der Waals surface area contributed by atoms with Crippen molar-refractivity contribution in [2.75, 3.05) is 32.8 Å². The summed E-state index contributed by atoms with van der Waals surface area (Å²) in [7, 11) is 0. The Morgan fingerprint density at radius 1 is 1.60 bits per heavy atom. The fourth-order valence-electron chi connectivity index (χ4n) is 2.43. The summed E-state index contributed by atoms with van der Waals surface area (Å²) < 4.78 is 5.21. The van der Waals surface area contributed by atoms with Gasteiger partial charge in [-0.3, -0.25) is 0 Å². The molecular weight excluding hydrogens is 256 g/mol. The Labute approximate surface area is 119 Å². The van der Waals surface area contributed by atoms with Gasteiger partial charge in [-0.25, -0.2) is 14.8 Å². The molecule has 1 N–H and O–H groups in total. The van der Waals surface area contributed by atoms with Crippen LogP contribution in [0, 0.1) is 0 Å². The normalized spacial score (nSPS) is 18.9. The highest BCUT2D eigenvalue weighted by molar-refractivity contribution is 5.74. The molecule has 0 spiro atoms. The SMILES string of the molecule is CCOCCNC(=O)N1CCCC(c2ccncn2)C1. The number of piperidine rings is 1. The summed E-state index contributed by atoms with van der Waals surface area (Å²) in [5.41, 5.74) is 1.02. The molecule has 2 heterocycles. The summed E-state index contributed by atoms with van der Waals surface area (Å²) in [4.78, 5) is 22.2. The van der Waals surface area contributed by atoms with Gasteiger partial charge in [0, 0.05) is 44.0 Å². The third kappa shape index (κ3) is 4.16. The third-order valence-electron chi connectivity index (χ3n) is 3.46. The molecular formula is C14H22N4O2. The maximum absolute atomic E-state index is 12.1. The van der Waals surface area contributed by atoms with Crippen LogP contribution in [0.15, 0.2) is 18.6 Å². The van der Waals surface area contributed by atoms with E-state index in [4.69, 9.17) is 4.74 Å². The van der Waals surface area contributed by atoms with Gasteiger partial charge in [0.15, 0.2) is 0 Å². The van der Waals surface area contributed by atoms with Crippen molar-refractivity contribution in [1.29, 1.82) is 0 Å². The summed E-state index contributed by atoms with van der Waals surface area (Å²) >= 11 is 0. The number of hydrogen-bond donors (Lipinski definition) is 1. The molecule has 0 aromatic carbocycles. The molecule has 0 aliphatic carbocycles. The van der Waals surface area contributed by atoms with Gasteiger partial charge >= 0.3 is 6.03 Å². The maximum atomic E-state index is 12.1. The van der Waals surface area contributed by atoms with Crippen LogP contribution in [-0.4, -0.2) is 53.7 Å². The van der Waals surface area contributed by atoms with Crippen LogP contribution >= 0.6 is 0 Å². The van der Waals surface area contributed by atoms with E-state index in [-0.39, 0.29) is 6.03 Å². The van der Waals surface area contributed by atoms with E-state index in [1.165, 1.54) is 0 Å². The summed E-state index contributed by atoms with van der Waals surface area (Å²) in [6, 6.07) is 1.92. The number of hydrogen-bond acceptors (Lipinski definition) is 4. The minimum Gasteiger partial charge on any atom is -0.380 e. The van der Waals surface area contributed by atoms with Gasteiger partial charge in [0.05, 0.1) is 6.61 Å². The first-order chi connectivity index (χ1) is 9.81. The molecule has 6 nitrogen and oxygen atoms in total. The van der Waals surface area contributed by atoms with Crippen LogP contribution in [-0.2, 0) is 4.74 Å². The zero-order valence-electron chi connectivity index (χ0n) is 11.9. The van der Waals surface area contributed by atoms with Gasteiger partial charge in [0.25, 0.3) is 0 Å². The average molecular weight is 278 g/mol. The molecule has 2 amide bonds. The second kappa shape index (κ2) is 7.79. The second-order valence-electron chi connectivity index (χ2n) is 4.85. The Morgan fingerprint density at radius 3 is 3.25 bits per heavy atom. The summed E-state index contributed by atoms with van der Waals surface area (Å²) in [6.07, 6.45) is 5.40. The molecule has 2 rings (SSSR count).